The number of nitrogens with two attached hydrogens (primary N) is 1. The van der Waals surface area contributed by atoms with Gasteiger partial charge < -0.3 is 20.5 Å². The molecule has 19 heavy (non-hydrogen) atoms. The first-order valence-electron chi connectivity index (χ1n) is 6.30. The first-order chi connectivity index (χ1) is 9.33. The highest BCUT2D eigenvalue weighted by molar-refractivity contribution is 5.65. The molecule has 0 bridgehead atoms. The lowest BCUT2D eigenvalue weighted by Gasteiger charge is -2.09. The average Bonchev–Trinajstić information content (AvgIpc) is 2.88. The normalized spacial score (nSPS) is 12.4. The van der Waals surface area contributed by atoms with Crippen LogP contribution in [0.3, 0.4) is 0 Å². The molecule has 0 fully saturated rings. The summed E-state index contributed by atoms with van der Waals surface area (Å²) in [6.07, 6.45) is 0.908. The summed E-state index contributed by atoms with van der Waals surface area (Å²) in [5.74, 6) is 1.65. The predicted octanol–water partition coefficient (Wildman–Crippen LogP) is 2.65. The van der Waals surface area contributed by atoms with Gasteiger partial charge >= 0.3 is 0 Å². The molecular weight excluding hydrogens is 240 g/mol. The van der Waals surface area contributed by atoms with Crippen LogP contribution in [-0.2, 0) is 6.42 Å². The lowest BCUT2D eigenvalue weighted by Crippen LogP contribution is -2.06. The van der Waals surface area contributed by atoms with Crippen LogP contribution >= 0.6 is 0 Å². The molecule has 0 atom stereocenters. The van der Waals surface area contributed by atoms with Crippen LogP contribution in [0.4, 0.5) is 11.4 Å². The Morgan fingerprint density at radius 3 is 2.79 bits per heavy atom. The first-order valence-corrected chi connectivity index (χ1v) is 6.30. The highest BCUT2D eigenvalue weighted by Gasteiger charge is 2.12. The molecule has 0 aromatic heterocycles. The van der Waals surface area contributed by atoms with Crippen LogP contribution in [0.25, 0.3) is 0 Å². The van der Waals surface area contributed by atoms with Gasteiger partial charge in [-0.3, -0.25) is 0 Å². The fraction of sp³-hybridized carbons (Fsp3) is 0.200. The Kier molecular flexibility index (Phi) is 3.14. The smallest absolute Gasteiger partial charge is 0.231 e. The molecule has 4 nitrogen and oxygen atoms in total. The second kappa shape index (κ2) is 5.10. The third kappa shape index (κ3) is 2.57. The van der Waals surface area contributed by atoms with Crippen LogP contribution in [0.1, 0.15) is 5.56 Å². The summed E-state index contributed by atoms with van der Waals surface area (Å²) >= 11 is 0. The standard InChI is InChI=1S/C15H16N2O2/c16-12-3-1-2-4-13(12)17-8-7-11-5-6-14-15(9-11)19-10-18-14/h1-6,9,17H,7-8,10,16H2. The maximum atomic E-state index is 5.87. The minimum atomic E-state index is 0.317. The molecule has 3 rings (SSSR count). The molecule has 4 heteroatoms. The van der Waals surface area contributed by atoms with Crippen molar-refractivity contribution in [2.75, 3.05) is 24.4 Å². The Morgan fingerprint density at radius 2 is 1.89 bits per heavy atom. The second-order valence-corrected chi connectivity index (χ2v) is 4.45. The Morgan fingerprint density at radius 1 is 1.05 bits per heavy atom. The number of ether oxygens (including phenoxy) is 2. The number of nitrogen functional groups attached to an aromatic ring is 1. The van der Waals surface area contributed by atoms with Crippen LogP contribution in [-0.4, -0.2) is 13.3 Å². The number of hydrogen-bond donors (Lipinski definition) is 2. The van der Waals surface area contributed by atoms with Crippen molar-refractivity contribution in [1.29, 1.82) is 0 Å². The lowest BCUT2D eigenvalue weighted by atomic mass is 10.1. The van der Waals surface area contributed by atoms with E-state index >= 15 is 0 Å². The van der Waals surface area contributed by atoms with E-state index in [4.69, 9.17) is 15.2 Å². The van der Waals surface area contributed by atoms with Gasteiger partial charge in [0.05, 0.1) is 11.4 Å². The number of fused-ring (bicyclic) bond motifs is 1. The van der Waals surface area contributed by atoms with E-state index in [1.54, 1.807) is 0 Å². The third-order valence-corrected chi connectivity index (χ3v) is 3.13. The molecule has 3 N–H and O–H groups in total. The number of para-hydroxylation sites is 2. The number of nitrogens with one attached hydrogen (secondary N) is 1. The number of anilines is 2. The van der Waals surface area contributed by atoms with Gasteiger partial charge in [0.2, 0.25) is 6.79 Å². The summed E-state index contributed by atoms with van der Waals surface area (Å²) in [5, 5.41) is 3.33. The summed E-state index contributed by atoms with van der Waals surface area (Å²) in [5.41, 5.74) is 8.84. The second-order valence-electron chi connectivity index (χ2n) is 4.45. The van der Waals surface area contributed by atoms with Gasteiger partial charge in [-0.1, -0.05) is 18.2 Å². The minimum absolute atomic E-state index is 0.317. The van der Waals surface area contributed by atoms with Crippen LogP contribution < -0.4 is 20.5 Å². The zero-order chi connectivity index (χ0) is 13.1. The van der Waals surface area contributed by atoms with Gasteiger partial charge in [-0.15, -0.1) is 0 Å². The fourth-order valence-electron chi connectivity index (χ4n) is 2.10. The van der Waals surface area contributed by atoms with E-state index in [9.17, 15) is 0 Å². The third-order valence-electron chi connectivity index (χ3n) is 3.13. The first kappa shape index (κ1) is 11.7. The van der Waals surface area contributed by atoms with Crippen molar-refractivity contribution in [3.8, 4) is 11.5 Å². The zero-order valence-electron chi connectivity index (χ0n) is 10.6. The molecular formula is C15H16N2O2. The molecule has 0 spiro atoms. The van der Waals surface area contributed by atoms with E-state index in [0.717, 1.165) is 35.8 Å². The maximum absolute atomic E-state index is 5.87. The number of rotatable bonds is 4. The lowest BCUT2D eigenvalue weighted by molar-refractivity contribution is 0.174. The van der Waals surface area contributed by atoms with E-state index in [2.05, 4.69) is 11.4 Å². The van der Waals surface area contributed by atoms with Crippen LogP contribution in [0.5, 0.6) is 11.5 Å². The van der Waals surface area contributed by atoms with Gasteiger partial charge in [0.25, 0.3) is 0 Å². The van der Waals surface area contributed by atoms with Crippen molar-refractivity contribution < 1.29 is 9.47 Å². The molecule has 0 unspecified atom stereocenters. The van der Waals surface area contributed by atoms with Crippen molar-refractivity contribution in [3.05, 3.63) is 48.0 Å². The molecule has 0 radical (unpaired) electrons. The highest BCUT2D eigenvalue weighted by Crippen LogP contribution is 2.32. The monoisotopic (exact) mass is 256 g/mol. The Hall–Kier alpha value is -2.36. The minimum Gasteiger partial charge on any atom is -0.454 e. The molecule has 0 saturated carbocycles. The fourth-order valence-corrected chi connectivity index (χ4v) is 2.10. The van der Waals surface area contributed by atoms with Crippen LogP contribution in [0.2, 0.25) is 0 Å². The topological polar surface area (TPSA) is 56.5 Å². The molecule has 2 aromatic rings. The van der Waals surface area contributed by atoms with Crippen molar-refractivity contribution in [2.24, 2.45) is 0 Å². The quantitative estimate of drug-likeness (QED) is 0.826. The molecule has 2 aromatic carbocycles. The average molecular weight is 256 g/mol. The van der Waals surface area contributed by atoms with E-state index in [0.29, 0.717) is 6.79 Å². The molecule has 0 saturated heterocycles. The van der Waals surface area contributed by atoms with Crippen molar-refractivity contribution in [2.45, 2.75) is 6.42 Å². The molecule has 1 heterocycles. The molecule has 1 aliphatic rings. The summed E-state index contributed by atoms with van der Waals surface area (Å²) in [6.45, 7) is 1.14. The van der Waals surface area contributed by atoms with Crippen molar-refractivity contribution in [3.63, 3.8) is 0 Å². The molecule has 0 amide bonds. The van der Waals surface area contributed by atoms with Crippen LogP contribution in [0.15, 0.2) is 42.5 Å². The van der Waals surface area contributed by atoms with E-state index in [1.807, 2.05) is 36.4 Å². The molecule has 98 valence electrons. The Labute approximate surface area is 112 Å². The Balaban J connectivity index is 1.59. The summed E-state index contributed by atoms with van der Waals surface area (Å²) in [7, 11) is 0. The number of benzene rings is 2. The summed E-state index contributed by atoms with van der Waals surface area (Å²) in [6, 6.07) is 13.8. The highest BCUT2D eigenvalue weighted by atomic mass is 16.7. The van der Waals surface area contributed by atoms with Gasteiger partial charge in [0.1, 0.15) is 0 Å². The van der Waals surface area contributed by atoms with Crippen LogP contribution in [0, 0.1) is 0 Å². The van der Waals surface area contributed by atoms with Gasteiger partial charge in [-0.2, -0.15) is 0 Å². The van der Waals surface area contributed by atoms with Crippen molar-refractivity contribution >= 4 is 11.4 Å². The SMILES string of the molecule is Nc1ccccc1NCCc1ccc2c(c1)OCO2. The number of hydrogen-bond acceptors (Lipinski definition) is 4. The Bertz CT molecular complexity index is 584. The maximum Gasteiger partial charge on any atom is 0.231 e. The van der Waals surface area contributed by atoms with Gasteiger partial charge in [0.15, 0.2) is 11.5 Å². The van der Waals surface area contributed by atoms with E-state index < -0.39 is 0 Å². The van der Waals surface area contributed by atoms with Gasteiger partial charge in [-0.25, -0.2) is 0 Å². The predicted molar refractivity (Wildman–Crippen MR) is 75.6 cm³/mol. The van der Waals surface area contributed by atoms with E-state index in [-0.39, 0.29) is 0 Å². The summed E-state index contributed by atoms with van der Waals surface area (Å²) < 4.78 is 10.6. The van der Waals surface area contributed by atoms with Crippen molar-refractivity contribution in [1.82, 2.24) is 0 Å². The van der Waals surface area contributed by atoms with E-state index in [1.165, 1.54) is 5.56 Å². The zero-order valence-corrected chi connectivity index (χ0v) is 10.6. The largest absolute Gasteiger partial charge is 0.454 e. The molecule has 0 aliphatic carbocycles. The van der Waals surface area contributed by atoms with Gasteiger partial charge in [0, 0.05) is 6.54 Å². The van der Waals surface area contributed by atoms with Gasteiger partial charge in [-0.05, 0) is 36.2 Å². The summed E-state index contributed by atoms with van der Waals surface area (Å²) in [4.78, 5) is 0. The molecule has 1 aliphatic heterocycles.